The van der Waals surface area contributed by atoms with Crippen LogP contribution in [0.3, 0.4) is 0 Å². The molecule has 1 atom stereocenters. The Labute approximate surface area is 202 Å². The van der Waals surface area contributed by atoms with Gasteiger partial charge in [-0.3, -0.25) is 14.4 Å². The average Bonchev–Trinajstić information content (AvgIpc) is 3.03. The Hall–Kier alpha value is -2.93. The SMILES string of the molecule is CC(C)c1ccc([C@H]2C(=C(O)c3ccc(Br)cc3)C(=O)C(=O)N2CCCCCC(=O)O)cc1. The lowest BCUT2D eigenvalue weighted by molar-refractivity contribution is -0.140. The number of likely N-dealkylation sites (tertiary alicyclic amines) is 1. The Morgan fingerprint density at radius 1 is 0.970 bits per heavy atom. The number of aliphatic carboxylic acids is 1. The topological polar surface area (TPSA) is 94.9 Å². The maximum atomic E-state index is 13.0. The lowest BCUT2D eigenvalue weighted by atomic mass is 9.93. The van der Waals surface area contributed by atoms with Crippen LogP contribution < -0.4 is 0 Å². The number of carboxylic acid groups (broad SMARTS) is 1. The van der Waals surface area contributed by atoms with Gasteiger partial charge in [0.05, 0.1) is 11.6 Å². The predicted octanol–water partition coefficient (Wildman–Crippen LogP) is 5.64. The molecule has 33 heavy (non-hydrogen) atoms. The minimum atomic E-state index is -0.852. The van der Waals surface area contributed by atoms with Crippen molar-refractivity contribution in [1.29, 1.82) is 0 Å². The second-order valence-corrected chi connectivity index (χ2v) is 9.44. The predicted molar refractivity (Wildman–Crippen MR) is 130 cm³/mol. The maximum Gasteiger partial charge on any atom is 0.303 e. The third-order valence-electron chi connectivity index (χ3n) is 5.87. The molecular weight excluding hydrogens is 486 g/mol. The van der Waals surface area contributed by atoms with E-state index < -0.39 is 23.7 Å². The van der Waals surface area contributed by atoms with E-state index in [0.29, 0.717) is 37.3 Å². The average molecular weight is 514 g/mol. The summed E-state index contributed by atoms with van der Waals surface area (Å²) in [5.41, 5.74) is 2.42. The fourth-order valence-corrected chi connectivity index (χ4v) is 4.28. The van der Waals surface area contributed by atoms with Gasteiger partial charge >= 0.3 is 5.97 Å². The normalized spacial score (nSPS) is 17.7. The summed E-state index contributed by atoms with van der Waals surface area (Å²) in [5, 5.41) is 19.9. The number of carbonyl (C=O) groups excluding carboxylic acids is 2. The van der Waals surface area contributed by atoms with E-state index in [-0.39, 0.29) is 17.8 Å². The van der Waals surface area contributed by atoms with Crippen LogP contribution in [-0.4, -0.2) is 39.3 Å². The highest BCUT2D eigenvalue weighted by Gasteiger charge is 2.45. The first-order chi connectivity index (χ1) is 15.7. The quantitative estimate of drug-likeness (QED) is 0.196. The molecule has 0 aliphatic carbocycles. The van der Waals surface area contributed by atoms with Crippen molar-refractivity contribution in [3.63, 3.8) is 0 Å². The van der Waals surface area contributed by atoms with Crippen LogP contribution in [0.15, 0.2) is 58.6 Å². The lowest BCUT2D eigenvalue weighted by Crippen LogP contribution is -2.30. The summed E-state index contributed by atoms with van der Waals surface area (Å²) in [6.45, 7) is 4.48. The summed E-state index contributed by atoms with van der Waals surface area (Å²) in [5.74, 6) is -2.08. The van der Waals surface area contributed by atoms with E-state index in [1.165, 1.54) is 4.90 Å². The first-order valence-corrected chi connectivity index (χ1v) is 11.9. The van der Waals surface area contributed by atoms with Crippen LogP contribution in [0.1, 0.15) is 68.2 Å². The molecule has 7 heteroatoms. The van der Waals surface area contributed by atoms with Crippen LogP contribution in [0.2, 0.25) is 0 Å². The number of nitrogens with zero attached hydrogens (tertiary/aromatic N) is 1. The highest BCUT2D eigenvalue weighted by atomic mass is 79.9. The van der Waals surface area contributed by atoms with Crippen molar-refractivity contribution >= 4 is 39.3 Å². The number of aliphatic hydroxyl groups is 1. The monoisotopic (exact) mass is 513 g/mol. The Bertz CT molecular complexity index is 1060. The molecule has 0 spiro atoms. The number of carboxylic acids is 1. The van der Waals surface area contributed by atoms with Gasteiger partial charge in [-0.05, 0) is 42.0 Å². The Morgan fingerprint density at radius 2 is 1.61 bits per heavy atom. The van der Waals surface area contributed by atoms with E-state index in [1.54, 1.807) is 24.3 Å². The Morgan fingerprint density at radius 3 is 2.18 bits per heavy atom. The van der Waals surface area contributed by atoms with Crippen molar-refractivity contribution in [2.24, 2.45) is 0 Å². The number of amides is 1. The molecule has 0 aromatic heterocycles. The molecule has 0 saturated carbocycles. The molecule has 6 nitrogen and oxygen atoms in total. The molecule has 1 aliphatic rings. The zero-order chi connectivity index (χ0) is 24.1. The molecule has 2 N–H and O–H groups in total. The molecule has 2 aromatic rings. The van der Waals surface area contributed by atoms with Crippen LogP contribution in [0, 0.1) is 0 Å². The van der Waals surface area contributed by atoms with Gasteiger partial charge in [0.25, 0.3) is 11.7 Å². The third kappa shape index (κ3) is 5.71. The van der Waals surface area contributed by atoms with E-state index >= 15 is 0 Å². The lowest BCUT2D eigenvalue weighted by Gasteiger charge is -2.25. The van der Waals surface area contributed by atoms with Gasteiger partial charge < -0.3 is 15.1 Å². The van der Waals surface area contributed by atoms with E-state index in [2.05, 4.69) is 29.8 Å². The molecule has 1 saturated heterocycles. The maximum absolute atomic E-state index is 13.0. The third-order valence-corrected chi connectivity index (χ3v) is 6.39. The largest absolute Gasteiger partial charge is 0.507 e. The van der Waals surface area contributed by atoms with E-state index in [4.69, 9.17) is 5.11 Å². The van der Waals surface area contributed by atoms with Crippen LogP contribution in [-0.2, 0) is 14.4 Å². The number of carbonyl (C=O) groups is 3. The molecule has 1 aliphatic heterocycles. The minimum absolute atomic E-state index is 0.0719. The second-order valence-electron chi connectivity index (χ2n) is 8.53. The molecule has 0 radical (unpaired) electrons. The number of aliphatic hydroxyl groups excluding tert-OH is 1. The molecule has 1 amide bonds. The summed E-state index contributed by atoms with van der Waals surface area (Å²) in [6.07, 6.45) is 1.77. The van der Waals surface area contributed by atoms with Crippen molar-refractivity contribution < 1.29 is 24.6 Å². The van der Waals surface area contributed by atoms with Gasteiger partial charge in [-0.15, -0.1) is 0 Å². The second kappa shape index (κ2) is 10.8. The zero-order valence-corrected chi connectivity index (χ0v) is 20.3. The van der Waals surface area contributed by atoms with Crippen LogP contribution in [0.4, 0.5) is 0 Å². The standard InChI is InChI=1S/C26H28BrNO5/c1-16(2)17-7-9-18(10-8-17)23-22(24(31)19-11-13-20(27)14-12-19)25(32)26(33)28(23)15-5-3-4-6-21(29)30/h7-14,16,23,31H,3-6,15H2,1-2H3,(H,29,30)/t23-/m0/s1. The van der Waals surface area contributed by atoms with Crippen LogP contribution >= 0.6 is 15.9 Å². The van der Waals surface area contributed by atoms with Crippen LogP contribution in [0.5, 0.6) is 0 Å². The fraction of sp³-hybridized carbons (Fsp3) is 0.346. The van der Waals surface area contributed by atoms with Gasteiger partial charge in [-0.25, -0.2) is 0 Å². The summed E-state index contributed by atoms with van der Waals surface area (Å²) >= 11 is 3.36. The number of ketones is 1. The van der Waals surface area contributed by atoms with Crippen molar-refractivity contribution in [2.45, 2.75) is 51.5 Å². The molecule has 3 rings (SSSR count). The summed E-state index contributed by atoms with van der Waals surface area (Å²) in [6, 6.07) is 14.0. The molecule has 0 unspecified atom stereocenters. The molecule has 0 bridgehead atoms. The smallest absolute Gasteiger partial charge is 0.303 e. The number of rotatable bonds is 9. The molecule has 1 heterocycles. The van der Waals surface area contributed by atoms with E-state index in [9.17, 15) is 19.5 Å². The van der Waals surface area contributed by atoms with Crippen molar-refractivity contribution in [3.8, 4) is 0 Å². The molecular formula is C26H28BrNO5. The number of benzene rings is 2. The van der Waals surface area contributed by atoms with Gasteiger partial charge in [0, 0.05) is 23.0 Å². The zero-order valence-electron chi connectivity index (χ0n) is 18.8. The highest BCUT2D eigenvalue weighted by molar-refractivity contribution is 9.10. The Kier molecular flexibility index (Phi) is 8.08. The van der Waals surface area contributed by atoms with Crippen molar-refractivity contribution in [3.05, 3.63) is 75.3 Å². The van der Waals surface area contributed by atoms with E-state index in [1.807, 2.05) is 24.3 Å². The first-order valence-electron chi connectivity index (χ1n) is 11.1. The van der Waals surface area contributed by atoms with Gasteiger partial charge in [-0.1, -0.05) is 72.6 Å². The Balaban J connectivity index is 1.98. The number of Topliss-reactive ketones (excluding diaryl/α,β-unsaturated/α-hetero) is 1. The van der Waals surface area contributed by atoms with E-state index in [0.717, 1.165) is 15.6 Å². The van der Waals surface area contributed by atoms with Gasteiger partial charge in [0.15, 0.2) is 0 Å². The molecule has 174 valence electrons. The van der Waals surface area contributed by atoms with Crippen molar-refractivity contribution in [1.82, 2.24) is 4.90 Å². The summed E-state index contributed by atoms with van der Waals surface area (Å²) in [7, 11) is 0. The number of hydrogen-bond donors (Lipinski definition) is 2. The van der Waals surface area contributed by atoms with Gasteiger partial charge in [0.2, 0.25) is 0 Å². The first kappa shape index (κ1) is 24.7. The number of halogens is 1. The summed E-state index contributed by atoms with van der Waals surface area (Å²) in [4.78, 5) is 38.3. The van der Waals surface area contributed by atoms with Crippen molar-refractivity contribution in [2.75, 3.05) is 6.54 Å². The minimum Gasteiger partial charge on any atom is -0.507 e. The highest BCUT2D eigenvalue weighted by Crippen LogP contribution is 2.40. The van der Waals surface area contributed by atoms with Crippen LogP contribution in [0.25, 0.3) is 5.76 Å². The molecule has 2 aromatic carbocycles. The fourth-order valence-electron chi connectivity index (χ4n) is 4.02. The summed E-state index contributed by atoms with van der Waals surface area (Å²) < 4.78 is 0.835. The number of unbranched alkanes of at least 4 members (excludes halogenated alkanes) is 2. The van der Waals surface area contributed by atoms with Gasteiger partial charge in [-0.2, -0.15) is 0 Å². The number of hydrogen-bond acceptors (Lipinski definition) is 4. The van der Waals surface area contributed by atoms with Gasteiger partial charge in [0.1, 0.15) is 5.76 Å². The molecule has 1 fully saturated rings.